The van der Waals surface area contributed by atoms with Crippen LogP contribution >= 0.6 is 0 Å². The predicted molar refractivity (Wildman–Crippen MR) is 74.3 cm³/mol. The van der Waals surface area contributed by atoms with Crippen LogP contribution in [0.25, 0.3) is 0 Å². The molecule has 1 unspecified atom stereocenters. The summed E-state index contributed by atoms with van der Waals surface area (Å²) in [6, 6.07) is 6.96. The van der Waals surface area contributed by atoms with Crippen LogP contribution in [0.15, 0.2) is 24.3 Å². The summed E-state index contributed by atoms with van der Waals surface area (Å²) in [6.45, 7) is 1.48. The number of hydrogen-bond donors (Lipinski definition) is 2. The van der Waals surface area contributed by atoms with E-state index in [0.29, 0.717) is 25.4 Å². The Labute approximate surface area is 117 Å². The molecule has 1 fully saturated rings. The molecule has 108 valence electrons. The first-order valence-electron chi connectivity index (χ1n) is 6.54. The maximum Gasteiger partial charge on any atom is 0.236 e. The first kappa shape index (κ1) is 14.3. The number of amides is 2. The molecule has 1 heterocycles. The van der Waals surface area contributed by atoms with E-state index < -0.39 is 11.9 Å². The number of hydrogen-bond acceptors (Lipinski definition) is 4. The Morgan fingerprint density at radius 3 is 2.90 bits per heavy atom. The molecule has 2 rings (SSSR count). The highest BCUT2D eigenvalue weighted by molar-refractivity contribution is 5.83. The van der Waals surface area contributed by atoms with E-state index in [9.17, 15) is 9.59 Å². The zero-order valence-corrected chi connectivity index (χ0v) is 11.5. The fourth-order valence-electron chi connectivity index (χ4n) is 2.29. The third kappa shape index (κ3) is 3.27. The SMILES string of the molecule is COc1ccccc1CC(=O)N1CCNC(C(N)=O)C1. The molecule has 0 spiro atoms. The summed E-state index contributed by atoms with van der Waals surface area (Å²) in [4.78, 5) is 25.1. The number of para-hydroxylation sites is 1. The van der Waals surface area contributed by atoms with Gasteiger partial charge in [-0.2, -0.15) is 0 Å². The van der Waals surface area contributed by atoms with E-state index in [0.717, 1.165) is 5.56 Å². The fraction of sp³-hybridized carbons (Fsp3) is 0.429. The first-order valence-corrected chi connectivity index (χ1v) is 6.54. The van der Waals surface area contributed by atoms with Crippen molar-refractivity contribution in [2.75, 3.05) is 26.7 Å². The number of carbonyl (C=O) groups excluding carboxylic acids is 2. The highest BCUT2D eigenvalue weighted by Gasteiger charge is 2.26. The number of benzene rings is 1. The summed E-state index contributed by atoms with van der Waals surface area (Å²) in [5, 5.41) is 3.00. The van der Waals surface area contributed by atoms with Gasteiger partial charge in [0.2, 0.25) is 11.8 Å². The summed E-state index contributed by atoms with van der Waals surface area (Å²) in [6.07, 6.45) is 0.259. The molecule has 0 bridgehead atoms. The van der Waals surface area contributed by atoms with Gasteiger partial charge in [0.05, 0.1) is 13.5 Å². The van der Waals surface area contributed by atoms with Crippen molar-refractivity contribution in [1.29, 1.82) is 0 Å². The number of piperazine rings is 1. The third-order valence-electron chi connectivity index (χ3n) is 3.41. The number of nitrogens with one attached hydrogen (secondary N) is 1. The molecule has 0 radical (unpaired) electrons. The van der Waals surface area contributed by atoms with Crippen LogP contribution in [0.3, 0.4) is 0 Å². The molecule has 1 aliphatic heterocycles. The monoisotopic (exact) mass is 277 g/mol. The molecule has 1 saturated heterocycles. The largest absolute Gasteiger partial charge is 0.496 e. The third-order valence-corrected chi connectivity index (χ3v) is 3.41. The van der Waals surface area contributed by atoms with Gasteiger partial charge >= 0.3 is 0 Å². The van der Waals surface area contributed by atoms with E-state index in [1.54, 1.807) is 12.0 Å². The molecule has 0 saturated carbocycles. The number of methoxy groups -OCH3 is 1. The van der Waals surface area contributed by atoms with Gasteiger partial charge in [-0.05, 0) is 6.07 Å². The van der Waals surface area contributed by atoms with Crippen molar-refractivity contribution in [2.24, 2.45) is 5.73 Å². The lowest BCUT2D eigenvalue weighted by atomic mass is 10.1. The Kier molecular flexibility index (Phi) is 4.57. The van der Waals surface area contributed by atoms with Crippen molar-refractivity contribution in [3.05, 3.63) is 29.8 Å². The molecule has 20 heavy (non-hydrogen) atoms. The summed E-state index contributed by atoms with van der Waals surface area (Å²) in [7, 11) is 1.58. The molecule has 1 atom stereocenters. The standard InChI is InChI=1S/C14H19N3O3/c1-20-12-5-3-2-4-10(12)8-13(18)17-7-6-16-11(9-17)14(15)19/h2-5,11,16H,6-9H2,1H3,(H2,15,19). The molecule has 0 aliphatic carbocycles. The van der Waals surface area contributed by atoms with E-state index in [4.69, 9.17) is 10.5 Å². The van der Waals surface area contributed by atoms with Crippen molar-refractivity contribution in [3.63, 3.8) is 0 Å². The molecule has 1 aliphatic rings. The average molecular weight is 277 g/mol. The summed E-state index contributed by atoms with van der Waals surface area (Å²) < 4.78 is 5.24. The molecule has 1 aromatic rings. The number of rotatable bonds is 4. The van der Waals surface area contributed by atoms with E-state index in [-0.39, 0.29) is 12.3 Å². The fourth-order valence-corrected chi connectivity index (χ4v) is 2.29. The highest BCUT2D eigenvalue weighted by Crippen LogP contribution is 2.18. The molecule has 2 amide bonds. The van der Waals surface area contributed by atoms with Crippen LogP contribution in [-0.2, 0) is 16.0 Å². The topological polar surface area (TPSA) is 84.7 Å². The molecular weight excluding hydrogens is 258 g/mol. The minimum Gasteiger partial charge on any atom is -0.496 e. The second kappa shape index (κ2) is 6.38. The Morgan fingerprint density at radius 2 is 2.20 bits per heavy atom. The average Bonchev–Trinajstić information content (AvgIpc) is 2.48. The van der Waals surface area contributed by atoms with Crippen LogP contribution in [0.2, 0.25) is 0 Å². The minimum absolute atomic E-state index is 0.0257. The second-order valence-corrected chi connectivity index (χ2v) is 4.74. The van der Waals surface area contributed by atoms with E-state index in [1.807, 2.05) is 24.3 Å². The molecular formula is C14H19N3O3. The van der Waals surface area contributed by atoms with Gasteiger partial charge in [-0.1, -0.05) is 18.2 Å². The van der Waals surface area contributed by atoms with Crippen molar-refractivity contribution >= 4 is 11.8 Å². The van der Waals surface area contributed by atoms with Crippen LogP contribution in [0.4, 0.5) is 0 Å². The van der Waals surface area contributed by atoms with Crippen molar-refractivity contribution in [2.45, 2.75) is 12.5 Å². The molecule has 6 nitrogen and oxygen atoms in total. The zero-order valence-electron chi connectivity index (χ0n) is 11.5. The Hall–Kier alpha value is -2.08. The molecule has 3 N–H and O–H groups in total. The number of ether oxygens (including phenoxy) is 1. The van der Waals surface area contributed by atoms with Crippen LogP contribution in [0.1, 0.15) is 5.56 Å². The lowest BCUT2D eigenvalue weighted by Gasteiger charge is -2.32. The number of primary amides is 1. The zero-order chi connectivity index (χ0) is 14.5. The van der Waals surface area contributed by atoms with Crippen molar-refractivity contribution in [1.82, 2.24) is 10.2 Å². The molecule has 6 heteroatoms. The first-order chi connectivity index (χ1) is 9.61. The van der Waals surface area contributed by atoms with Gasteiger partial charge in [-0.3, -0.25) is 9.59 Å². The van der Waals surface area contributed by atoms with Gasteiger partial charge < -0.3 is 20.7 Å². The van der Waals surface area contributed by atoms with Gasteiger partial charge in [0.25, 0.3) is 0 Å². The number of nitrogens with zero attached hydrogens (tertiary/aromatic N) is 1. The van der Waals surface area contributed by atoms with Crippen molar-refractivity contribution < 1.29 is 14.3 Å². The van der Waals surface area contributed by atoms with Crippen LogP contribution in [0, 0.1) is 0 Å². The Bertz CT molecular complexity index is 504. The maximum absolute atomic E-state index is 12.3. The van der Waals surface area contributed by atoms with Gasteiger partial charge in [-0.25, -0.2) is 0 Å². The minimum atomic E-state index is -0.467. The normalized spacial score (nSPS) is 18.6. The van der Waals surface area contributed by atoms with Crippen LogP contribution in [0.5, 0.6) is 5.75 Å². The van der Waals surface area contributed by atoms with Crippen LogP contribution in [-0.4, -0.2) is 49.5 Å². The van der Waals surface area contributed by atoms with Crippen molar-refractivity contribution in [3.8, 4) is 5.75 Å². The van der Waals surface area contributed by atoms with Gasteiger partial charge in [-0.15, -0.1) is 0 Å². The van der Waals surface area contributed by atoms with Gasteiger partial charge in [0.15, 0.2) is 0 Å². The van der Waals surface area contributed by atoms with E-state index in [1.165, 1.54) is 0 Å². The number of nitrogens with two attached hydrogens (primary N) is 1. The quantitative estimate of drug-likeness (QED) is 0.779. The summed E-state index contributed by atoms with van der Waals surface area (Å²) >= 11 is 0. The summed E-state index contributed by atoms with van der Waals surface area (Å²) in [5.74, 6) is 0.240. The van der Waals surface area contributed by atoms with Gasteiger partial charge in [0.1, 0.15) is 11.8 Å². The number of carbonyl (C=O) groups is 2. The smallest absolute Gasteiger partial charge is 0.236 e. The molecule has 1 aromatic carbocycles. The lowest BCUT2D eigenvalue weighted by molar-refractivity contribution is -0.133. The van der Waals surface area contributed by atoms with Crippen LogP contribution < -0.4 is 15.8 Å². The Balaban J connectivity index is 2.02. The second-order valence-electron chi connectivity index (χ2n) is 4.74. The lowest BCUT2D eigenvalue weighted by Crippen LogP contribution is -2.57. The van der Waals surface area contributed by atoms with Gasteiger partial charge in [0, 0.05) is 25.2 Å². The molecule has 0 aromatic heterocycles. The maximum atomic E-state index is 12.3. The van der Waals surface area contributed by atoms with E-state index >= 15 is 0 Å². The highest BCUT2D eigenvalue weighted by atomic mass is 16.5. The predicted octanol–water partition coefficient (Wildman–Crippen LogP) is -0.477. The summed E-state index contributed by atoms with van der Waals surface area (Å²) in [5.41, 5.74) is 6.11. The Morgan fingerprint density at radius 1 is 1.45 bits per heavy atom. The van der Waals surface area contributed by atoms with E-state index in [2.05, 4.69) is 5.32 Å².